The summed E-state index contributed by atoms with van der Waals surface area (Å²) in [6.07, 6.45) is 3.22. The third kappa shape index (κ3) is 2.73. The number of anilines is 1. The van der Waals surface area contributed by atoms with E-state index in [9.17, 15) is 9.90 Å². The van der Waals surface area contributed by atoms with Crippen molar-refractivity contribution in [2.24, 2.45) is 5.41 Å². The minimum absolute atomic E-state index is 0.104. The Morgan fingerprint density at radius 1 is 1.32 bits per heavy atom. The Hall–Kier alpha value is -1.88. The highest BCUT2D eigenvalue weighted by molar-refractivity contribution is 5.54. The van der Waals surface area contributed by atoms with Gasteiger partial charge in [0.1, 0.15) is 11.5 Å². The molecule has 0 bridgehead atoms. The molecule has 3 heterocycles. The molecule has 1 aliphatic rings. The van der Waals surface area contributed by atoms with Crippen LogP contribution < -0.4 is 10.5 Å². The number of aliphatic hydroxyl groups excluding tert-OH is 1. The number of aromatic nitrogens is 2. The second-order valence-electron chi connectivity index (χ2n) is 6.94. The summed E-state index contributed by atoms with van der Waals surface area (Å²) in [4.78, 5) is 19.2. The molecule has 2 aromatic heterocycles. The molecule has 5 heteroatoms. The Bertz CT molecular complexity index is 739. The van der Waals surface area contributed by atoms with Crippen LogP contribution in [0.3, 0.4) is 0 Å². The summed E-state index contributed by atoms with van der Waals surface area (Å²) in [6, 6.07) is 5.17. The van der Waals surface area contributed by atoms with Crippen molar-refractivity contribution >= 4 is 11.5 Å². The van der Waals surface area contributed by atoms with Crippen LogP contribution >= 0.6 is 0 Å². The highest BCUT2D eigenvalue weighted by atomic mass is 16.3. The first-order valence-corrected chi connectivity index (χ1v) is 7.83. The van der Waals surface area contributed by atoms with Gasteiger partial charge in [-0.2, -0.15) is 0 Å². The first-order valence-electron chi connectivity index (χ1n) is 7.83. The molecular formula is C17H23N3O2. The van der Waals surface area contributed by atoms with E-state index in [0.717, 1.165) is 25.9 Å². The molecule has 5 nitrogen and oxygen atoms in total. The van der Waals surface area contributed by atoms with Gasteiger partial charge in [0.2, 0.25) is 0 Å². The van der Waals surface area contributed by atoms with Crippen LogP contribution in [0.25, 0.3) is 5.65 Å². The minimum atomic E-state index is -0.654. The lowest BCUT2D eigenvalue weighted by Gasteiger charge is -2.37. The van der Waals surface area contributed by atoms with E-state index in [1.165, 1.54) is 4.40 Å². The van der Waals surface area contributed by atoms with Crippen molar-refractivity contribution in [1.82, 2.24) is 9.38 Å². The van der Waals surface area contributed by atoms with Gasteiger partial charge in [-0.25, -0.2) is 4.98 Å². The zero-order chi connectivity index (χ0) is 15.9. The van der Waals surface area contributed by atoms with Gasteiger partial charge < -0.3 is 10.0 Å². The van der Waals surface area contributed by atoms with Gasteiger partial charge in [-0.15, -0.1) is 0 Å². The lowest BCUT2D eigenvalue weighted by molar-refractivity contribution is 0.200. The summed E-state index contributed by atoms with van der Waals surface area (Å²) in [7, 11) is 0. The van der Waals surface area contributed by atoms with E-state index in [0.29, 0.717) is 22.4 Å². The standard InChI is InChI=1S/C17H23N3O2/c1-12(21)13-5-4-8-20-15(22)11-14(18-16(13)20)19-9-6-17(2,3)7-10-19/h4-5,8,11-12,21H,6-7,9-10H2,1-3H3. The number of aliphatic hydroxyl groups is 1. The Labute approximate surface area is 130 Å². The molecule has 1 saturated heterocycles. The number of hydrogen-bond donors (Lipinski definition) is 1. The number of rotatable bonds is 2. The highest BCUT2D eigenvalue weighted by Gasteiger charge is 2.26. The maximum absolute atomic E-state index is 12.4. The van der Waals surface area contributed by atoms with Crippen molar-refractivity contribution < 1.29 is 5.11 Å². The van der Waals surface area contributed by atoms with Crippen LogP contribution in [0.4, 0.5) is 5.82 Å². The number of hydrogen-bond acceptors (Lipinski definition) is 4. The summed E-state index contributed by atoms with van der Waals surface area (Å²) in [5.41, 5.74) is 1.48. The van der Waals surface area contributed by atoms with E-state index >= 15 is 0 Å². The molecule has 1 atom stereocenters. The van der Waals surface area contributed by atoms with Crippen molar-refractivity contribution in [2.75, 3.05) is 18.0 Å². The van der Waals surface area contributed by atoms with Crippen LogP contribution in [0.15, 0.2) is 29.2 Å². The van der Waals surface area contributed by atoms with Gasteiger partial charge in [-0.1, -0.05) is 19.9 Å². The summed E-state index contributed by atoms with van der Waals surface area (Å²) in [5.74, 6) is 0.716. The summed E-state index contributed by atoms with van der Waals surface area (Å²) < 4.78 is 1.50. The molecule has 0 aromatic carbocycles. The topological polar surface area (TPSA) is 57.8 Å². The van der Waals surface area contributed by atoms with E-state index in [1.807, 2.05) is 6.07 Å². The molecule has 0 saturated carbocycles. The van der Waals surface area contributed by atoms with Crippen molar-refractivity contribution in [1.29, 1.82) is 0 Å². The van der Waals surface area contributed by atoms with Gasteiger partial charge >= 0.3 is 0 Å². The molecule has 3 rings (SSSR count). The van der Waals surface area contributed by atoms with Gasteiger partial charge in [0.05, 0.1) is 6.10 Å². The average Bonchev–Trinajstić information content (AvgIpc) is 2.46. The molecule has 0 radical (unpaired) electrons. The lowest BCUT2D eigenvalue weighted by Crippen LogP contribution is -2.38. The molecule has 118 valence electrons. The van der Waals surface area contributed by atoms with Crippen LogP contribution in [0.5, 0.6) is 0 Å². The van der Waals surface area contributed by atoms with Crippen LogP contribution in [-0.2, 0) is 0 Å². The predicted octanol–water partition coefficient (Wildman–Crippen LogP) is 2.37. The molecular weight excluding hydrogens is 278 g/mol. The molecule has 1 aliphatic heterocycles. The molecule has 0 aliphatic carbocycles. The number of nitrogens with zero attached hydrogens (tertiary/aromatic N) is 3. The molecule has 0 spiro atoms. The van der Waals surface area contributed by atoms with Crippen molar-refractivity contribution in [3.8, 4) is 0 Å². The summed E-state index contributed by atoms with van der Waals surface area (Å²) in [6.45, 7) is 8.06. The third-order valence-corrected chi connectivity index (χ3v) is 4.60. The number of pyridine rings is 1. The zero-order valence-electron chi connectivity index (χ0n) is 13.4. The number of fused-ring (bicyclic) bond motifs is 1. The minimum Gasteiger partial charge on any atom is -0.389 e. The molecule has 2 aromatic rings. The second kappa shape index (κ2) is 5.39. The molecule has 1 N–H and O–H groups in total. The monoisotopic (exact) mass is 301 g/mol. The quantitative estimate of drug-likeness (QED) is 0.925. The van der Waals surface area contributed by atoms with Gasteiger partial charge in [0, 0.05) is 30.9 Å². The normalized spacial score (nSPS) is 19.4. The summed E-state index contributed by atoms with van der Waals surface area (Å²) in [5, 5.41) is 9.91. The second-order valence-corrected chi connectivity index (χ2v) is 6.94. The van der Waals surface area contributed by atoms with Crippen molar-refractivity contribution in [3.05, 3.63) is 40.3 Å². The summed E-state index contributed by atoms with van der Waals surface area (Å²) >= 11 is 0. The Kier molecular flexibility index (Phi) is 3.68. The molecule has 22 heavy (non-hydrogen) atoms. The Morgan fingerprint density at radius 2 is 2.00 bits per heavy atom. The molecule has 0 amide bonds. The number of piperidine rings is 1. The smallest absolute Gasteiger partial charge is 0.259 e. The Morgan fingerprint density at radius 3 is 2.64 bits per heavy atom. The molecule has 1 unspecified atom stereocenters. The Balaban J connectivity index is 2.05. The van der Waals surface area contributed by atoms with E-state index in [-0.39, 0.29) is 5.56 Å². The SMILES string of the molecule is CC(O)c1cccn2c(=O)cc(N3CCC(C)(C)CC3)nc12. The van der Waals surface area contributed by atoms with E-state index in [2.05, 4.69) is 23.7 Å². The first-order chi connectivity index (χ1) is 10.4. The van der Waals surface area contributed by atoms with Gasteiger partial charge in [-0.3, -0.25) is 9.20 Å². The maximum Gasteiger partial charge on any atom is 0.259 e. The fraction of sp³-hybridized carbons (Fsp3) is 0.529. The predicted molar refractivity (Wildman–Crippen MR) is 87.3 cm³/mol. The lowest BCUT2D eigenvalue weighted by atomic mass is 9.83. The fourth-order valence-corrected chi connectivity index (χ4v) is 2.96. The van der Waals surface area contributed by atoms with Crippen molar-refractivity contribution in [3.63, 3.8) is 0 Å². The van der Waals surface area contributed by atoms with E-state index in [4.69, 9.17) is 0 Å². The zero-order valence-corrected chi connectivity index (χ0v) is 13.4. The third-order valence-electron chi connectivity index (χ3n) is 4.60. The average molecular weight is 301 g/mol. The van der Waals surface area contributed by atoms with Gasteiger partial charge in [0.25, 0.3) is 5.56 Å². The maximum atomic E-state index is 12.4. The van der Waals surface area contributed by atoms with Crippen LogP contribution in [0, 0.1) is 5.41 Å². The van der Waals surface area contributed by atoms with Crippen LogP contribution in [0.2, 0.25) is 0 Å². The van der Waals surface area contributed by atoms with Gasteiger partial charge in [-0.05, 0) is 31.2 Å². The van der Waals surface area contributed by atoms with Crippen molar-refractivity contribution in [2.45, 2.75) is 39.7 Å². The molecule has 1 fully saturated rings. The van der Waals surface area contributed by atoms with Crippen LogP contribution in [0.1, 0.15) is 45.3 Å². The largest absolute Gasteiger partial charge is 0.389 e. The van der Waals surface area contributed by atoms with E-state index < -0.39 is 6.10 Å². The fourth-order valence-electron chi connectivity index (χ4n) is 2.96. The first kappa shape index (κ1) is 15.0. The van der Waals surface area contributed by atoms with Crippen LogP contribution in [-0.4, -0.2) is 27.6 Å². The highest BCUT2D eigenvalue weighted by Crippen LogP contribution is 2.31. The van der Waals surface area contributed by atoms with Gasteiger partial charge in [0.15, 0.2) is 0 Å². The van der Waals surface area contributed by atoms with E-state index in [1.54, 1.807) is 25.3 Å².